The molecule has 6 unspecified atom stereocenters. The summed E-state index contributed by atoms with van der Waals surface area (Å²) in [6.45, 7) is 8.28. The maximum absolute atomic E-state index is 12.2. The van der Waals surface area contributed by atoms with E-state index in [4.69, 9.17) is 9.47 Å². The largest absolute Gasteiger partial charge is 0.469 e. The van der Waals surface area contributed by atoms with E-state index in [0.29, 0.717) is 11.8 Å². The standard InChI is InChI=1S/C25H34O4/c1-15(23(27)28-5)20-8-9-21-19-7-6-17-14-18(29-16(2)26)10-12-24(17,3)22(19)11-13-25(20,21)4/h6-7,11,15,18,20-21H,8-10,12-14H2,1-5H3. The molecular formula is C25H34O4. The lowest BCUT2D eigenvalue weighted by molar-refractivity contribution is -0.148. The molecule has 0 aromatic carbocycles. The Bertz CT molecular complexity index is 819. The predicted molar refractivity (Wildman–Crippen MR) is 112 cm³/mol. The Hall–Kier alpha value is -1.84. The van der Waals surface area contributed by atoms with Crippen molar-refractivity contribution < 1.29 is 19.1 Å². The molecule has 0 radical (unpaired) electrons. The van der Waals surface area contributed by atoms with Gasteiger partial charge >= 0.3 is 11.9 Å². The topological polar surface area (TPSA) is 52.6 Å². The van der Waals surface area contributed by atoms with Crippen LogP contribution in [0.1, 0.15) is 66.2 Å². The number of fused-ring (bicyclic) bond motifs is 5. The van der Waals surface area contributed by atoms with E-state index in [1.165, 1.54) is 30.8 Å². The van der Waals surface area contributed by atoms with Crippen LogP contribution in [0.4, 0.5) is 0 Å². The Morgan fingerprint density at radius 1 is 1.17 bits per heavy atom. The van der Waals surface area contributed by atoms with Gasteiger partial charge in [0.15, 0.2) is 0 Å². The van der Waals surface area contributed by atoms with Gasteiger partial charge in [-0.1, -0.05) is 44.6 Å². The molecule has 6 atom stereocenters. The first-order chi connectivity index (χ1) is 13.7. The lowest BCUT2D eigenvalue weighted by Gasteiger charge is -2.50. The van der Waals surface area contributed by atoms with Crippen LogP contribution in [0.15, 0.2) is 34.9 Å². The van der Waals surface area contributed by atoms with Crippen LogP contribution in [0.25, 0.3) is 0 Å². The van der Waals surface area contributed by atoms with E-state index < -0.39 is 0 Å². The first-order valence-electron chi connectivity index (χ1n) is 11.1. The van der Waals surface area contributed by atoms with E-state index in [1.54, 1.807) is 0 Å². The molecule has 4 rings (SSSR count). The molecule has 0 aromatic rings. The normalized spacial score (nSPS) is 39.1. The second-order valence-corrected chi connectivity index (χ2v) is 10.00. The fourth-order valence-electron chi connectivity index (χ4n) is 6.89. The predicted octanol–water partition coefficient (Wildman–Crippen LogP) is 5.15. The summed E-state index contributed by atoms with van der Waals surface area (Å²) in [6.07, 6.45) is 13.1. The molecule has 4 aliphatic rings. The lowest BCUT2D eigenvalue weighted by atomic mass is 9.54. The number of rotatable bonds is 3. The molecule has 0 aliphatic heterocycles. The highest BCUT2D eigenvalue weighted by Gasteiger charge is 2.55. The molecule has 0 spiro atoms. The second kappa shape index (κ2) is 7.14. The van der Waals surface area contributed by atoms with Gasteiger partial charge in [0, 0.05) is 18.8 Å². The molecule has 0 N–H and O–H groups in total. The SMILES string of the molecule is COC(=O)C(C)C1CCC2C3=CC=C4CC(OC(C)=O)CCC4(C)C3=CCC21C. The quantitative estimate of drug-likeness (QED) is 0.617. The third-order valence-corrected chi connectivity index (χ3v) is 8.53. The molecule has 0 bridgehead atoms. The number of hydrogen-bond donors (Lipinski definition) is 0. The minimum Gasteiger partial charge on any atom is -0.469 e. The maximum atomic E-state index is 12.2. The molecule has 0 saturated heterocycles. The monoisotopic (exact) mass is 398 g/mol. The van der Waals surface area contributed by atoms with Crippen molar-refractivity contribution in [2.24, 2.45) is 28.6 Å². The van der Waals surface area contributed by atoms with Crippen molar-refractivity contribution in [3.63, 3.8) is 0 Å². The number of carbonyl (C=O) groups excluding carboxylic acids is 2. The second-order valence-electron chi connectivity index (χ2n) is 10.00. The first kappa shape index (κ1) is 20.4. The fourth-order valence-corrected chi connectivity index (χ4v) is 6.89. The highest BCUT2D eigenvalue weighted by Crippen LogP contribution is 2.64. The first-order valence-corrected chi connectivity index (χ1v) is 11.1. The van der Waals surface area contributed by atoms with Gasteiger partial charge < -0.3 is 9.47 Å². The number of carbonyl (C=O) groups is 2. The summed E-state index contributed by atoms with van der Waals surface area (Å²) < 4.78 is 10.6. The van der Waals surface area contributed by atoms with Crippen LogP contribution < -0.4 is 0 Å². The average molecular weight is 399 g/mol. The van der Waals surface area contributed by atoms with E-state index in [2.05, 4.69) is 32.1 Å². The molecule has 4 nitrogen and oxygen atoms in total. The summed E-state index contributed by atoms with van der Waals surface area (Å²) >= 11 is 0. The van der Waals surface area contributed by atoms with Crippen LogP contribution in [0.5, 0.6) is 0 Å². The van der Waals surface area contributed by atoms with Crippen molar-refractivity contribution in [3.05, 3.63) is 34.9 Å². The molecule has 0 amide bonds. The van der Waals surface area contributed by atoms with E-state index in [-0.39, 0.29) is 34.8 Å². The molecule has 2 fully saturated rings. The Balaban J connectivity index is 1.64. The number of allylic oxidation sites excluding steroid dienone is 5. The summed E-state index contributed by atoms with van der Waals surface area (Å²) in [5.74, 6) is 0.532. The van der Waals surface area contributed by atoms with Crippen LogP contribution in [0, 0.1) is 28.6 Å². The van der Waals surface area contributed by atoms with Gasteiger partial charge in [-0.15, -0.1) is 0 Å². The highest BCUT2D eigenvalue weighted by atomic mass is 16.5. The van der Waals surface area contributed by atoms with Crippen LogP contribution in [0.2, 0.25) is 0 Å². The Kier molecular flexibility index (Phi) is 5.03. The number of esters is 2. The summed E-state index contributed by atoms with van der Waals surface area (Å²) in [7, 11) is 1.50. The van der Waals surface area contributed by atoms with Crippen molar-refractivity contribution in [2.45, 2.75) is 72.3 Å². The van der Waals surface area contributed by atoms with E-state index >= 15 is 0 Å². The molecule has 29 heavy (non-hydrogen) atoms. The maximum Gasteiger partial charge on any atom is 0.308 e. The molecule has 0 aromatic heterocycles. The Morgan fingerprint density at radius 2 is 1.93 bits per heavy atom. The highest BCUT2D eigenvalue weighted by molar-refractivity contribution is 5.72. The molecule has 4 aliphatic carbocycles. The minimum absolute atomic E-state index is 0.00741. The summed E-state index contributed by atoms with van der Waals surface area (Å²) in [4.78, 5) is 23.6. The van der Waals surface area contributed by atoms with Crippen molar-refractivity contribution in [2.75, 3.05) is 7.11 Å². The van der Waals surface area contributed by atoms with Crippen LogP contribution in [0.3, 0.4) is 0 Å². The summed E-state index contributed by atoms with van der Waals surface area (Å²) in [5.41, 5.74) is 4.53. The summed E-state index contributed by atoms with van der Waals surface area (Å²) in [5, 5.41) is 0. The molecule has 158 valence electrons. The van der Waals surface area contributed by atoms with E-state index in [0.717, 1.165) is 38.5 Å². The Labute approximate surface area is 174 Å². The zero-order chi connectivity index (χ0) is 21.0. The van der Waals surface area contributed by atoms with Crippen LogP contribution >= 0.6 is 0 Å². The van der Waals surface area contributed by atoms with Crippen molar-refractivity contribution >= 4 is 11.9 Å². The molecule has 2 saturated carbocycles. The molecular weight excluding hydrogens is 364 g/mol. The number of ether oxygens (including phenoxy) is 2. The van der Waals surface area contributed by atoms with Gasteiger partial charge in [-0.3, -0.25) is 9.59 Å². The van der Waals surface area contributed by atoms with Crippen molar-refractivity contribution in [3.8, 4) is 0 Å². The Morgan fingerprint density at radius 3 is 2.62 bits per heavy atom. The third-order valence-electron chi connectivity index (χ3n) is 8.53. The van der Waals surface area contributed by atoms with Crippen LogP contribution in [-0.2, 0) is 19.1 Å². The van der Waals surface area contributed by atoms with Gasteiger partial charge in [0.2, 0.25) is 0 Å². The van der Waals surface area contributed by atoms with Gasteiger partial charge in [-0.05, 0) is 60.5 Å². The fraction of sp³-hybridized carbons (Fsp3) is 0.680. The smallest absolute Gasteiger partial charge is 0.308 e. The average Bonchev–Trinajstić information content (AvgIpc) is 3.03. The van der Waals surface area contributed by atoms with Gasteiger partial charge in [-0.2, -0.15) is 0 Å². The van der Waals surface area contributed by atoms with Crippen molar-refractivity contribution in [1.29, 1.82) is 0 Å². The van der Waals surface area contributed by atoms with E-state index in [9.17, 15) is 9.59 Å². The van der Waals surface area contributed by atoms with Gasteiger partial charge in [0.1, 0.15) is 6.10 Å². The van der Waals surface area contributed by atoms with Crippen LogP contribution in [-0.4, -0.2) is 25.2 Å². The number of hydrogen-bond acceptors (Lipinski definition) is 4. The minimum atomic E-state index is -0.185. The van der Waals surface area contributed by atoms with Crippen molar-refractivity contribution in [1.82, 2.24) is 0 Å². The summed E-state index contributed by atoms with van der Waals surface area (Å²) in [6, 6.07) is 0. The van der Waals surface area contributed by atoms with Gasteiger partial charge in [0.25, 0.3) is 0 Å². The van der Waals surface area contributed by atoms with Gasteiger partial charge in [-0.25, -0.2) is 0 Å². The molecule has 4 heteroatoms. The van der Waals surface area contributed by atoms with Gasteiger partial charge in [0.05, 0.1) is 13.0 Å². The zero-order valence-corrected chi connectivity index (χ0v) is 18.4. The number of methoxy groups -OCH3 is 1. The van der Waals surface area contributed by atoms with E-state index in [1.807, 2.05) is 6.92 Å². The molecule has 0 heterocycles. The lowest BCUT2D eigenvalue weighted by Crippen LogP contribution is -2.42. The zero-order valence-electron chi connectivity index (χ0n) is 18.4. The third kappa shape index (κ3) is 3.10.